The first-order chi connectivity index (χ1) is 40.3. The number of imide groups is 1. The van der Waals surface area contributed by atoms with E-state index in [2.05, 4.69) is 5.32 Å². The Morgan fingerprint density at radius 2 is 0.476 bits per heavy atom. The summed E-state index contributed by atoms with van der Waals surface area (Å²) in [5.41, 5.74) is 6.86. The monoisotopic (exact) mass is 1060 g/mol. The molecule has 82 heavy (non-hydrogen) atoms. The Morgan fingerprint density at radius 1 is 0.232 bits per heavy atom. The standard InChI is InChI=1S/C72H41NO9/c74-69-49-37-57(78-53-33-17-13-29-45(53)41-21-5-1-6-22-41)63-65-59(80-55-35-19-15-31-47(55)43-25-9-3-10-26-43)39-51-62-52(72(77)82-71(51)76)40-60(81-56-36-20-16-32-48(56)44-27-11-4-12-28-44)66(68(62)65)64-58(38-50(70(75)73-69)61(49)67(63)64)79-54-34-18-14-30-46(54)42-23-7-2-8-24-42/h1-40H,(H,73,74,75). The maximum atomic E-state index is 14.7. The molecule has 0 spiro atoms. The topological polar surface area (TPSA) is 126 Å². The van der Waals surface area contributed by atoms with Gasteiger partial charge in [0.25, 0.3) is 11.8 Å². The largest absolute Gasteiger partial charge is 0.456 e. The summed E-state index contributed by atoms with van der Waals surface area (Å²) < 4.78 is 34.9. The molecular weight excluding hydrogens is 1020 g/mol. The number of cyclic esters (lactones) is 2. The summed E-state index contributed by atoms with van der Waals surface area (Å²) in [7, 11) is 0. The molecule has 0 atom stereocenters. The summed E-state index contributed by atoms with van der Waals surface area (Å²) in [6, 6.07) is 76.0. The van der Waals surface area contributed by atoms with E-state index >= 15 is 0 Å². The Bertz CT molecular complexity index is 4210. The van der Waals surface area contributed by atoms with Crippen LogP contribution in [-0.2, 0) is 4.74 Å². The van der Waals surface area contributed by atoms with Crippen molar-refractivity contribution in [2.45, 2.75) is 0 Å². The van der Waals surface area contributed by atoms with Crippen molar-refractivity contribution < 1.29 is 42.9 Å². The number of carbonyl (C=O) groups excluding carboxylic acids is 4. The number of esters is 2. The van der Waals surface area contributed by atoms with E-state index in [4.69, 9.17) is 23.7 Å². The van der Waals surface area contributed by atoms with Crippen LogP contribution in [0.2, 0.25) is 0 Å². The predicted octanol–water partition coefficient (Wildman–Crippen LogP) is 17.8. The molecule has 2 heterocycles. The lowest BCUT2D eigenvalue weighted by Gasteiger charge is -2.28. The van der Waals surface area contributed by atoms with Crippen molar-refractivity contribution in [1.82, 2.24) is 5.32 Å². The second kappa shape index (κ2) is 19.2. The van der Waals surface area contributed by atoms with Crippen LogP contribution in [0.15, 0.2) is 243 Å². The fraction of sp³-hybridized carbons (Fsp3) is 0. The second-order valence-electron chi connectivity index (χ2n) is 20.0. The highest BCUT2D eigenvalue weighted by atomic mass is 16.6. The van der Waals surface area contributed by atoms with E-state index in [0.29, 0.717) is 60.7 Å². The molecule has 2 amide bonds. The van der Waals surface area contributed by atoms with Crippen molar-refractivity contribution in [1.29, 1.82) is 0 Å². The maximum absolute atomic E-state index is 14.7. The van der Waals surface area contributed by atoms with E-state index in [1.807, 2.05) is 218 Å². The van der Waals surface area contributed by atoms with Gasteiger partial charge in [0.1, 0.15) is 46.0 Å². The number of carbonyl (C=O) groups is 4. The van der Waals surface area contributed by atoms with Gasteiger partial charge in [0.05, 0.1) is 22.3 Å². The van der Waals surface area contributed by atoms with Crippen molar-refractivity contribution in [3.63, 3.8) is 0 Å². The molecule has 0 saturated heterocycles. The van der Waals surface area contributed by atoms with Crippen LogP contribution in [0.25, 0.3) is 87.6 Å². The van der Waals surface area contributed by atoms with Gasteiger partial charge in [-0.3, -0.25) is 14.9 Å². The van der Waals surface area contributed by atoms with Crippen LogP contribution in [0.5, 0.6) is 46.0 Å². The Morgan fingerprint density at radius 3 is 0.768 bits per heavy atom. The van der Waals surface area contributed by atoms with Crippen LogP contribution < -0.4 is 24.3 Å². The summed E-state index contributed by atoms with van der Waals surface area (Å²) in [5.74, 6) is -0.593. The smallest absolute Gasteiger partial charge is 0.346 e. The first kappa shape index (κ1) is 47.8. The number of hydrogen-bond donors (Lipinski definition) is 1. The van der Waals surface area contributed by atoms with Gasteiger partial charge < -0.3 is 23.7 Å². The van der Waals surface area contributed by atoms with Crippen molar-refractivity contribution in [2.24, 2.45) is 0 Å². The summed E-state index contributed by atoms with van der Waals surface area (Å²) in [5, 5.41) is 5.45. The van der Waals surface area contributed by atoms with Gasteiger partial charge in [-0.25, -0.2) is 9.59 Å². The summed E-state index contributed by atoms with van der Waals surface area (Å²) in [4.78, 5) is 58.7. The van der Waals surface area contributed by atoms with Crippen LogP contribution in [-0.4, -0.2) is 23.8 Å². The third kappa shape index (κ3) is 7.80. The van der Waals surface area contributed by atoms with E-state index in [9.17, 15) is 19.2 Å². The average Bonchev–Trinajstić information content (AvgIpc) is 1.76. The number of benzene rings is 13. The van der Waals surface area contributed by atoms with Crippen LogP contribution in [0.3, 0.4) is 0 Å². The molecule has 13 aromatic rings. The Labute approximate surface area is 468 Å². The molecule has 13 aromatic carbocycles. The SMILES string of the molecule is O=C1NC(=O)c2cc(Oc3ccccc3-c3ccccc3)c3c4c(Oc5ccccc5-c5ccccc5)cc5c6c(cc(Oc7ccccc7-c7ccccc7)c(c7c(Oc8ccccc8-c8ccccc8)cc1c2c73)c64)C(=O)OC5=O. The minimum Gasteiger partial charge on any atom is -0.456 e. The van der Waals surface area contributed by atoms with Crippen LogP contribution in [0, 0.1) is 0 Å². The highest BCUT2D eigenvalue weighted by Gasteiger charge is 2.38. The van der Waals surface area contributed by atoms with Gasteiger partial charge in [-0.2, -0.15) is 0 Å². The fourth-order valence-corrected chi connectivity index (χ4v) is 11.7. The van der Waals surface area contributed by atoms with E-state index in [1.165, 1.54) is 0 Å². The Kier molecular flexibility index (Phi) is 11.2. The molecule has 10 nitrogen and oxygen atoms in total. The normalized spacial score (nSPS) is 12.7. The highest BCUT2D eigenvalue weighted by Crippen LogP contribution is 2.58. The van der Waals surface area contributed by atoms with Crippen LogP contribution >= 0.6 is 0 Å². The quantitative estimate of drug-likeness (QED) is 0.0418. The lowest BCUT2D eigenvalue weighted by Crippen LogP contribution is -2.34. The summed E-state index contributed by atoms with van der Waals surface area (Å²) in [6.45, 7) is 0. The molecule has 15 rings (SSSR count). The van der Waals surface area contributed by atoms with E-state index < -0.39 is 23.8 Å². The molecule has 388 valence electrons. The zero-order chi connectivity index (χ0) is 55.0. The minimum absolute atomic E-state index is 0.0513. The van der Waals surface area contributed by atoms with Crippen molar-refractivity contribution >= 4 is 66.8 Å². The molecule has 0 aliphatic carbocycles. The lowest BCUT2D eigenvalue weighted by molar-refractivity contribution is 0.0390. The molecule has 10 heteroatoms. The highest BCUT2D eigenvalue weighted by molar-refractivity contribution is 6.44. The van der Waals surface area contributed by atoms with Crippen molar-refractivity contribution in [3.8, 4) is 90.5 Å². The number of para-hydroxylation sites is 4. The first-order valence-electron chi connectivity index (χ1n) is 26.6. The second-order valence-corrected chi connectivity index (χ2v) is 20.0. The number of ether oxygens (including phenoxy) is 5. The van der Waals surface area contributed by atoms with Gasteiger partial charge >= 0.3 is 11.9 Å². The zero-order valence-corrected chi connectivity index (χ0v) is 43.3. The first-order valence-corrected chi connectivity index (χ1v) is 26.6. The number of rotatable bonds is 12. The van der Waals surface area contributed by atoms with Crippen molar-refractivity contribution in [3.05, 3.63) is 265 Å². The Hall–Kier alpha value is -11.4. The zero-order valence-electron chi connectivity index (χ0n) is 43.3. The molecule has 0 bridgehead atoms. The molecule has 2 aliphatic heterocycles. The van der Waals surface area contributed by atoms with E-state index in [-0.39, 0.29) is 50.6 Å². The lowest BCUT2D eigenvalue weighted by atomic mass is 9.81. The van der Waals surface area contributed by atoms with Gasteiger partial charge in [-0.1, -0.05) is 194 Å². The number of fused-ring (bicyclic) bond motifs is 2. The Balaban J connectivity index is 1.15. The van der Waals surface area contributed by atoms with Crippen molar-refractivity contribution in [2.75, 3.05) is 0 Å². The van der Waals surface area contributed by atoms with Gasteiger partial charge in [-0.15, -0.1) is 0 Å². The average molecular weight is 1060 g/mol. The molecule has 0 unspecified atom stereocenters. The van der Waals surface area contributed by atoms with Gasteiger partial charge in [-0.05, 0) is 70.8 Å². The number of amides is 2. The van der Waals surface area contributed by atoms with E-state index in [1.54, 1.807) is 24.3 Å². The predicted molar refractivity (Wildman–Crippen MR) is 317 cm³/mol. The molecular formula is C72H41NO9. The minimum atomic E-state index is -0.890. The third-order valence-electron chi connectivity index (χ3n) is 15.3. The molecule has 0 fully saturated rings. The van der Waals surface area contributed by atoms with Gasteiger partial charge in [0.2, 0.25) is 0 Å². The third-order valence-corrected chi connectivity index (χ3v) is 15.3. The summed E-state index contributed by atoms with van der Waals surface area (Å²) in [6.07, 6.45) is 0. The molecule has 1 N–H and O–H groups in total. The number of nitrogens with one attached hydrogen (secondary N) is 1. The molecule has 0 aromatic heterocycles. The van der Waals surface area contributed by atoms with Gasteiger partial charge in [0, 0.05) is 65.3 Å². The van der Waals surface area contributed by atoms with Crippen LogP contribution in [0.1, 0.15) is 41.4 Å². The fourth-order valence-electron chi connectivity index (χ4n) is 11.7. The van der Waals surface area contributed by atoms with E-state index in [0.717, 1.165) is 44.5 Å². The maximum Gasteiger partial charge on any atom is 0.346 e. The summed E-state index contributed by atoms with van der Waals surface area (Å²) >= 11 is 0. The molecule has 2 aliphatic rings. The van der Waals surface area contributed by atoms with Gasteiger partial charge in [0.15, 0.2) is 0 Å². The number of hydrogen-bond acceptors (Lipinski definition) is 9. The van der Waals surface area contributed by atoms with Crippen LogP contribution in [0.4, 0.5) is 0 Å². The molecule has 0 saturated carbocycles. The molecule has 0 radical (unpaired) electrons.